The number of ketones is 1. The summed E-state index contributed by atoms with van der Waals surface area (Å²) in [7, 11) is 0. The lowest BCUT2D eigenvalue weighted by molar-refractivity contribution is -0.139. The van der Waals surface area contributed by atoms with Gasteiger partial charge >= 0.3 is 6.03 Å². The lowest BCUT2D eigenvalue weighted by atomic mass is 10.1. The van der Waals surface area contributed by atoms with Gasteiger partial charge in [-0.15, -0.1) is 0 Å². The number of rotatable bonds is 7. The van der Waals surface area contributed by atoms with E-state index in [1.165, 1.54) is 18.0 Å². The number of piperidine rings is 1. The van der Waals surface area contributed by atoms with E-state index in [0.29, 0.717) is 22.2 Å². The highest BCUT2D eigenvalue weighted by Crippen LogP contribution is 2.29. The number of aromatic nitrogens is 1. The van der Waals surface area contributed by atoms with Crippen molar-refractivity contribution in [3.05, 3.63) is 65.9 Å². The number of alkyl halides is 3. The van der Waals surface area contributed by atoms with E-state index in [-0.39, 0.29) is 51.2 Å². The Labute approximate surface area is 240 Å². The predicted molar refractivity (Wildman–Crippen MR) is 150 cm³/mol. The summed E-state index contributed by atoms with van der Waals surface area (Å²) in [5, 5.41) is 5.86. The Morgan fingerprint density at radius 2 is 1.83 bits per heavy atom. The molecule has 1 aromatic heterocycles. The highest BCUT2D eigenvalue weighted by atomic mass is 19.3. The van der Waals surface area contributed by atoms with Gasteiger partial charge in [0.1, 0.15) is 18.8 Å². The second-order valence-electron chi connectivity index (χ2n) is 10.9. The van der Waals surface area contributed by atoms with Crippen LogP contribution in [0.2, 0.25) is 0 Å². The Morgan fingerprint density at radius 3 is 2.55 bits per heavy atom. The number of amides is 4. The second kappa shape index (κ2) is 11.9. The minimum absolute atomic E-state index is 0.108. The van der Waals surface area contributed by atoms with Crippen LogP contribution in [0.1, 0.15) is 42.1 Å². The predicted octanol–water partition coefficient (Wildman–Crippen LogP) is 4.36. The van der Waals surface area contributed by atoms with E-state index in [4.69, 9.17) is 0 Å². The van der Waals surface area contributed by atoms with Crippen LogP contribution in [0.5, 0.6) is 0 Å². The van der Waals surface area contributed by atoms with Crippen molar-refractivity contribution >= 4 is 40.2 Å². The Hall–Kier alpha value is -4.35. The van der Waals surface area contributed by atoms with Crippen LogP contribution < -0.4 is 10.6 Å². The molecule has 222 valence electrons. The maximum Gasteiger partial charge on any atom is 0.322 e. The zero-order chi connectivity index (χ0) is 30.0. The number of nitrogens with one attached hydrogen (secondary N) is 2. The van der Waals surface area contributed by atoms with Crippen molar-refractivity contribution in [2.75, 3.05) is 25.0 Å². The zero-order valence-electron chi connectivity index (χ0n) is 23.1. The molecule has 0 unspecified atom stereocenters. The molecular formula is C30H32F3N5O4. The maximum absolute atomic E-state index is 14.4. The molecule has 0 bridgehead atoms. The van der Waals surface area contributed by atoms with E-state index >= 15 is 0 Å². The fraction of sp³-hybridized carbons (Fsp3) is 0.400. The summed E-state index contributed by atoms with van der Waals surface area (Å²) in [6.45, 7) is 0.699. The molecule has 5 rings (SSSR count). The number of benzene rings is 2. The quantitative estimate of drug-likeness (QED) is 0.404. The second-order valence-corrected chi connectivity index (χ2v) is 10.9. The molecule has 0 saturated carbocycles. The topological polar surface area (TPSA) is 104 Å². The molecule has 2 aromatic carbocycles. The third kappa shape index (κ3) is 6.42. The Kier molecular flexibility index (Phi) is 8.24. The summed E-state index contributed by atoms with van der Waals surface area (Å²) in [6, 6.07) is 12.3. The number of hydrogen-bond acceptors (Lipinski definition) is 4. The van der Waals surface area contributed by atoms with Crippen LogP contribution in [0, 0.1) is 0 Å². The first-order valence-corrected chi connectivity index (χ1v) is 13.8. The highest BCUT2D eigenvalue weighted by molar-refractivity contribution is 6.08. The average Bonchev–Trinajstić information content (AvgIpc) is 3.52. The summed E-state index contributed by atoms with van der Waals surface area (Å²) in [4.78, 5) is 53.7. The molecule has 2 saturated heterocycles. The lowest BCUT2D eigenvalue weighted by Gasteiger charge is -2.32. The minimum atomic E-state index is -2.94. The van der Waals surface area contributed by atoms with Gasteiger partial charge in [-0.3, -0.25) is 14.4 Å². The zero-order valence-corrected chi connectivity index (χ0v) is 23.1. The maximum atomic E-state index is 14.4. The number of Topliss-reactive ketones (excluding diaryl/α,β-unsaturated/α-hetero) is 1. The lowest BCUT2D eigenvalue weighted by Crippen LogP contribution is -2.47. The van der Waals surface area contributed by atoms with Crippen LogP contribution in [0.15, 0.2) is 54.7 Å². The van der Waals surface area contributed by atoms with Crippen LogP contribution in [0.25, 0.3) is 10.9 Å². The van der Waals surface area contributed by atoms with Crippen LogP contribution >= 0.6 is 0 Å². The molecule has 9 nitrogen and oxygen atoms in total. The Morgan fingerprint density at radius 1 is 1.07 bits per heavy atom. The molecule has 2 aliphatic rings. The summed E-state index contributed by atoms with van der Waals surface area (Å²) >= 11 is 0. The van der Waals surface area contributed by atoms with Crippen LogP contribution in [0.4, 0.5) is 23.7 Å². The van der Waals surface area contributed by atoms with E-state index in [1.807, 2.05) is 30.3 Å². The largest absolute Gasteiger partial charge is 0.350 e. The number of fused-ring (bicyclic) bond motifs is 1. The normalized spacial score (nSPS) is 20.0. The molecule has 2 fully saturated rings. The molecule has 0 radical (unpaired) electrons. The van der Waals surface area contributed by atoms with Gasteiger partial charge in [0.25, 0.3) is 5.92 Å². The molecule has 4 amide bonds. The number of anilines is 1. The van der Waals surface area contributed by atoms with Gasteiger partial charge in [0.05, 0.1) is 13.1 Å². The Bertz CT molecular complexity index is 1510. The van der Waals surface area contributed by atoms with Gasteiger partial charge < -0.3 is 25.0 Å². The standard InChI is InChI=1S/C30H32F3N5O4/c1-19(39)24-16-37(25-9-8-22(13-23(24)25)35-29(42)36-11-5-10-30(32,33)18-36)17-27(40)38-15-21(31)12-26(38)28(41)34-14-20-6-3-2-4-7-20/h2-4,6-9,13,16,21,26H,5,10-12,14-15,17-18H2,1H3,(H,34,41)(H,35,42)/t21-,26+/m1/s1. The number of urea groups is 1. The molecule has 2 aliphatic heterocycles. The van der Waals surface area contributed by atoms with E-state index in [0.717, 1.165) is 10.5 Å². The third-order valence-electron chi connectivity index (χ3n) is 7.68. The SMILES string of the molecule is CC(=O)c1cn(CC(=O)N2C[C@H](F)C[C@H]2C(=O)NCc2ccccc2)c2ccc(NC(=O)N3CCCC(F)(F)C3)cc12. The van der Waals surface area contributed by atoms with E-state index in [9.17, 15) is 32.3 Å². The smallest absolute Gasteiger partial charge is 0.322 e. The molecule has 3 heterocycles. The number of nitrogens with zero attached hydrogens (tertiary/aromatic N) is 3. The van der Waals surface area contributed by atoms with Crippen molar-refractivity contribution in [1.29, 1.82) is 0 Å². The van der Waals surface area contributed by atoms with Gasteiger partial charge in [-0.25, -0.2) is 18.0 Å². The number of hydrogen-bond donors (Lipinski definition) is 2. The van der Waals surface area contributed by atoms with Gasteiger partial charge in [-0.05, 0) is 37.1 Å². The number of halogens is 3. The summed E-state index contributed by atoms with van der Waals surface area (Å²) in [5.74, 6) is -4.15. The summed E-state index contributed by atoms with van der Waals surface area (Å²) in [5.41, 5.74) is 1.99. The van der Waals surface area contributed by atoms with Crippen molar-refractivity contribution in [2.24, 2.45) is 0 Å². The molecular weight excluding hydrogens is 551 g/mol. The molecule has 2 N–H and O–H groups in total. The van der Waals surface area contributed by atoms with E-state index < -0.39 is 42.5 Å². The van der Waals surface area contributed by atoms with Crippen molar-refractivity contribution in [3.63, 3.8) is 0 Å². The molecule has 0 aliphatic carbocycles. The summed E-state index contributed by atoms with van der Waals surface area (Å²) < 4.78 is 43.6. The van der Waals surface area contributed by atoms with Gasteiger partial charge in [-0.2, -0.15) is 0 Å². The van der Waals surface area contributed by atoms with Crippen LogP contribution in [-0.2, 0) is 22.7 Å². The van der Waals surface area contributed by atoms with Crippen molar-refractivity contribution in [2.45, 2.75) is 57.4 Å². The molecule has 0 spiro atoms. The van der Waals surface area contributed by atoms with Gasteiger partial charge in [0.15, 0.2) is 5.78 Å². The summed E-state index contributed by atoms with van der Waals surface area (Å²) in [6.07, 6.45) is -0.0137. The van der Waals surface area contributed by atoms with Crippen LogP contribution in [0.3, 0.4) is 0 Å². The van der Waals surface area contributed by atoms with E-state index in [1.54, 1.807) is 22.8 Å². The third-order valence-corrected chi connectivity index (χ3v) is 7.68. The van der Waals surface area contributed by atoms with Crippen molar-refractivity contribution in [3.8, 4) is 0 Å². The molecule has 3 aromatic rings. The van der Waals surface area contributed by atoms with E-state index in [2.05, 4.69) is 10.6 Å². The molecule has 42 heavy (non-hydrogen) atoms. The number of likely N-dealkylation sites (tertiary alicyclic amines) is 2. The minimum Gasteiger partial charge on any atom is -0.350 e. The fourth-order valence-electron chi connectivity index (χ4n) is 5.58. The monoisotopic (exact) mass is 583 g/mol. The van der Waals surface area contributed by atoms with Crippen molar-refractivity contribution < 1.29 is 32.3 Å². The van der Waals surface area contributed by atoms with Crippen molar-refractivity contribution in [1.82, 2.24) is 19.7 Å². The number of carbonyl (C=O) groups is 4. The first-order chi connectivity index (χ1) is 20.0. The molecule has 12 heteroatoms. The first kappa shape index (κ1) is 29.2. The number of carbonyl (C=O) groups excluding carboxylic acids is 4. The van der Waals surface area contributed by atoms with Gasteiger partial charge in [0.2, 0.25) is 11.8 Å². The average molecular weight is 584 g/mol. The van der Waals surface area contributed by atoms with Gasteiger partial charge in [0, 0.05) is 54.3 Å². The van der Waals surface area contributed by atoms with Gasteiger partial charge in [-0.1, -0.05) is 30.3 Å². The Balaban J connectivity index is 1.31. The first-order valence-electron chi connectivity index (χ1n) is 13.8. The molecule has 2 atom stereocenters. The van der Waals surface area contributed by atoms with Crippen LogP contribution in [-0.4, -0.2) is 75.8 Å². The fourth-order valence-corrected chi connectivity index (χ4v) is 5.58. The highest BCUT2D eigenvalue weighted by Gasteiger charge is 2.40.